The lowest BCUT2D eigenvalue weighted by atomic mass is 10.1. The van der Waals surface area contributed by atoms with Gasteiger partial charge in [-0.3, -0.25) is 14.5 Å². The third-order valence-corrected chi connectivity index (χ3v) is 9.15. The van der Waals surface area contributed by atoms with E-state index in [2.05, 4.69) is 0 Å². The van der Waals surface area contributed by atoms with Crippen molar-refractivity contribution in [2.75, 3.05) is 6.61 Å². The Labute approximate surface area is 254 Å². The summed E-state index contributed by atoms with van der Waals surface area (Å²) in [7, 11) is -4.16. The summed E-state index contributed by atoms with van der Waals surface area (Å²) < 4.78 is 37.4. The van der Waals surface area contributed by atoms with Crippen LogP contribution in [0.5, 0.6) is 11.5 Å². The molecule has 4 aromatic rings. The van der Waals surface area contributed by atoms with Crippen LogP contribution in [0.15, 0.2) is 88.7 Å². The molecule has 2 amide bonds. The molecule has 0 bridgehead atoms. The van der Waals surface area contributed by atoms with Crippen LogP contribution >= 0.6 is 46.0 Å². The average Bonchev–Trinajstić information content (AvgIpc) is 3.18. The molecule has 4 aromatic carbocycles. The third-order valence-electron chi connectivity index (χ3n) is 5.95. The van der Waals surface area contributed by atoms with Crippen LogP contribution in [0.25, 0.3) is 16.8 Å². The van der Waals surface area contributed by atoms with Crippen LogP contribution < -0.4 is 8.92 Å². The summed E-state index contributed by atoms with van der Waals surface area (Å²) in [5, 5.41) is 2.14. The first-order chi connectivity index (χ1) is 19.1. The normalized spacial score (nSPS) is 14.8. The van der Waals surface area contributed by atoms with Gasteiger partial charge in [0.15, 0.2) is 11.5 Å². The molecule has 0 saturated carbocycles. The Bertz CT molecular complexity index is 1770. The zero-order valence-electron chi connectivity index (χ0n) is 21.0. The first-order valence-electron chi connectivity index (χ1n) is 12.0. The van der Waals surface area contributed by atoms with Crippen LogP contribution in [0.3, 0.4) is 0 Å². The molecule has 1 fully saturated rings. The van der Waals surface area contributed by atoms with E-state index in [1.165, 1.54) is 29.2 Å². The molecule has 40 heavy (non-hydrogen) atoms. The molecular formula is C29H21ClINO6S2. The van der Waals surface area contributed by atoms with Gasteiger partial charge in [-0.05, 0) is 112 Å². The summed E-state index contributed by atoms with van der Waals surface area (Å²) in [6.45, 7) is 2.16. The molecule has 1 heterocycles. The lowest BCUT2D eigenvalue weighted by Gasteiger charge is -2.15. The summed E-state index contributed by atoms with van der Waals surface area (Å²) >= 11 is 8.68. The number of imide groups is 1. The Hall–Kier alpha value is -3.06. The maximum atomic E-state index is 13.2. The van der Waals surface area contributed by atoms with Gasteiger partial charge in [-0.15, -0.1) is 0 Å². The molecule has 1 aliphatic heterocycles. The van der Waals surface area contributed by atoms with Gasteiger partial charge in [-0.25, -0.2) is 0 Å². The number of carbonyl (C=O) groups excluding carboxylic acids is 2. The second-order valence-corrected chi connectivity index (χ2v) is 12.8. The van der Waals surface area contributed by atoms with Gasteiger partial charge in [-0.1, -0.05) is 48.0 Å². The Morgan fingerprint density at radius 1 is 0.975 bits per heavy atom. The van der Waals surface area contributed by atoms with Crippen molar-refractivity contribution >= 4 is 84.1 Å². The van der Waals surface area contributed by atoms with Crippen LogP contribution in [0.2, 0.25) is 5.02 Å². The third kappa shape index (κ3) is 6.14. The van der Waals surface area contributed by atoms with Crippen molar-refractivity contribution in [1.82, 2.24) is 4.90 Å². The van der Waals surface area contributed by atoms with Gasteiger partial charge < -0.3 is 8.92 Å². The second-order valence-electron chi connectivity index (χ2n) is 8.70. The van der Waals surface area contributed by atoms with E-state index < -0.39 is 16.0 Å². The summed E-state index contributed by atoms with van der Waals surface area (Å²) in [6.07, 6.45) is 1.59. The number of benzene rings is 4. The van der Waals surface area contributed by atoms with Crippen molar-refractivity contribution in [2.24, 2.45) is 0 Å². The molecule has 204 valence electrons. The van der Waals surface area contributed by atoms with Gasteiger partial charge >= 0.3 is 10.1 Å². The number of nitrogens with zero attached hydrogens (tertiary/aromatic N) is 1. The second kappa shape index (κ2) is 11.8. The summed E-state index contributed by atoms with van der Waals surface area (Å²) in [5.74, 6) is -0.186. The average molecular weight is 706 g/mol. The fourth-order valence-corrected chi connectivity index (χ4v) is 6.89. The molecular weight excluding hydrogens is 685 g/mol. The topological polar surface area (TPSA) is 90.0 Å². The highest BCUT2D eigenvalue weighted by molar-refractivity contribution is 14.1. The minimum atomic E-state index is -4.16. The SMILES string of the molecule is CCOc1cc(/C=C2\SC(=O)N(Cc3ccc4ccccc4c3)C2=O)cc(I)c1OS(=O)(=O)c1ccc(Cl)cc1. The van der Waals surface area contributed by atoms with E-state index >= 15 is 0 Å². The van der Waals surface area contributed by atoms with Crippen LogP contribution in [0.1, 0.15) is 18.1 Å². The van der Waals surface area contributed by atoms with E-state index in [4.69, 9.17) is 20.5 Å². The molecule has 11 heteroatoms. The monoisotopic (exact) mass is 705 g/mol. The van der Waals surface area contributed by atoms with E-state index in [1.54, 1.807) is 25.1 Å². The van der Waals surface area contributed by atoms with E-state index in [-0.39, 0.29) is 39.7 Å². The summed E-state index contributed by atoms with van der Waals surface area (Å²) in [4.78, 5) is 27.4. The number of hydrogen-bond donors (Lipinski definition) is 0. The van der Waals surface area contributed by atoms with Crippen molar-refractivity contribution in [2.45, 2.75) is 18.4 Å². The van der Waals surface area contributed by atoms with E-state index in [0.29, 0.717) is 14.2 Å². The number of halogens is 2. The lowest BCUT2D eigenvalue weighted by Crippen LogP contribution is -2.27. The summed E-state index contributed by atoms with van der Waals surface area (Å²) in [5.41, 5.74) is 1.40. The standard InChI is InChI=1S/C29H21ClINO6S2/c1-2-37-25-15-19(14-24(31)27(25)38-40(35,36)23-11-9-22(30)10-12-23)16-26-28(33)32(29(34)39-26)17-18-7-8-20-5-3-4-6-21(20)13-18/h3-16H,2,17H2,1H3/b26-16-. The molecule has 0 atom stereocenters. The van der Waals surface area contributed by atoms with E-state index in [9.17, 15) is 18.0 Å². The maximum Gasteiger partial charge on any atom is 0.339 e. The van der Waals surface area contributed by atoms with Gasteiger partial charge in [0.05, 0.1) is 21.6 Å². The fraction of sp³-hybridized carbons (Fsp3) is 0.103. The minimum Gasteiger partial charge on any atom is -0.490 e. The molecule has 5 rings (SSSR count). The number of ether oxygens (including phenoxy) is 1. The van der Waals surface area contributed by atoms with Gasteiger partial charge in [0.1, 0.15) is 4.90 Å². The lowest BCUT2D eigenvalue weighted by molar-refractivity contribution is -0.123. The van der Waals surface area contributed by atoms with Gasteiger partial charge in [0, 0.05) is 5.02 Å². The maximum absolute atomic E-state index is 13.2. The van der Waals surface area contributed by atoms with Crippen molar-refractivity contribution in [3.63, 3.8) is 0 Å². The largest absolute Gasteiger partial charge is 0.490 e. The number of rotatable bonds is 8. The van der Waals surface area contributed by atoms with E-state index in [1.807, 2.05) is 65.1 Å². The quantitative estimate of drug-likeness (QED) is 0.107. The Balaban J connectivity index is 1.40. The Kier molecular flexibility index (Phi) is 8.41. The highest BCUT2D eigenvalue weighted by Gasteiger charge is 2.35. The number of amides is 2. The summed E-state index contributed by atoms with van der Waals surface area (Å²) in [6, 6.07) is 22.6. The van der Waals surface area contributed by atoms with Crippen molar-refractivity contribution < 1.29 is 26.9 Å². The molecule has 0 aliphatic carbocycles. The van der Waals surface area contributed by atoms with Crippen molar-refractivity contribution in [1.29, 1.82) is 0 Å². The minimum absolute atomic E-state index is 0.0268. The molecule has 7 nitrogen and oxygen atoms in total. The van der Waals surface area contributed by atoms with Crippen molar-refractivity contribution in [3.8, 4) is 11.5 Å². The van der Waals surface area contributed by atoms with E-state index in [0.717, 1.165) is 28.1 Å². The Morgan fingerprint density at radius 2 is 1.70 bits per heavy atom. The zero-order chi connectivity index (χ0) is 28.4. The molecule has 0 radical (unpaired) electrons. The van der Waals surface area contributed by atoms with Gasteiger partial charge in [0.25, 0.3) is 11.1 Å². The van der Waals surface area contributed by atoms with Crippen LogP contribution in [0, 0.1) is 3.57 Å². The van der Waals surface area contributed by atoms with Gasteiger partial charge in [0.2, 0.25) is 0 Å². The highest BCUT2D eigenvalue weighted by atomic mass is 127. The van der Waals surface area contributed by atoms with Crippen LogP contribution in [-0.4, -0.2) is 31.1 Å². The molecule has 0 unspecified atom stereocenters. The zero-order valence-corrected chi connectivity index (χ0v) is 25.5. The smallest absolute Gasteiger partial charge is 0.339 e. The Morgan fingerprint density at radius 3 is 2.42 bits per heavy atom. The first kappa shape index (κ1) is 28.5. The number of thioether (sulfide) groups is 1. The molecule has 1 saturated heterocycles. The number of carbonyl (C=O) groups is 2. The van der Waals surface area contributed by atoms with Gasteiger partial charge in [-0.2, -0.15) is 8.42 Å². The predicted molar refractivity (Wildman–Crippen MR) is 165 cm³/mol. The predicted octanol–water partition coefficient (Wildman–Crippen LogP) is 7.50. The number of hydrogen-bond acceptors (Lipinski definition) is 7. The van der Waals surface area contributed by atoms with Crippen molar-refractivity contribution in [3.05, 3.63) is 103 Å². The molecule has 0 aromatic heterocycles. The molecule has 0 N–H and O–H groups in total. The first-order valence-corrected chi connectivity index (χ1v) is 15.7. The fourth-order valence-electron chi connectivity index (χ4n) is 4.08. The highest BCUT2D eigenvalue weighted by Crippen LogP contribution is 2.39. The number of fused-ring (bicyclic) bond motifs is 1. The molecule has 1 aliphatic rings. The van der Waals surface area contributed by atoms with Crippen LogP contribution in [0.4, 0.5) is 4.79 Å². The molecule has 0 spiro atoms. The van der Waals surface area contributed by atoms with Crippen LogP contribution in [-0.2, 0) is 21.5 Å².